The van der Waals surface area contributed by atoms with Gasteiger partial charge >= 0.3 is 0 Å². The Kier molecular flexibility index (Phi) is 4.56. The van der Waals surface area contributed by atoms with Gasteiger partial charge in [0.1, 0.15) is 0 Å². The van der Waals surface area contributed by atoms with Crippen LogP contribution in [0.1, 0.15) is 11.3 Å². The zero-order valence-electron chi connectivity index (χ0n) is 10.8. The van der Waals surface area contributed by atoms with Gasteiger partial charge < -0.3 is 0 Å². The van der Waals surface area contributed by atoms with Crippen molar-refractivity contribution < 1.29 is 8.42 Å². The number of rotatable bonds is 4. The highest BCUT2D eigenvalue weighted by atomic mass is 79.9. The van der Waals surface area contributed by atoms with Gasteiger partial charge in [-0.15, -0.1) is 11.3 Å². The van der Waals surface area contributed by atoms with Crippen molar-refractivity contribution in [3.63, 3.8) is 0 Å². The fraction of sp³-hybridized carbons (Fsp3) is 0.167. The normalized spacial score (nSPS) is 11.9. The molecular formula is C12H12BrN3O2S2. The minimum Gasteiger partial charge on any atom is -0.253 e. The number of nitrogens with one attached hydrogen (secondary N) is 1. The van der Waals surface area contributed by atoms with Gasteiger partial charge in [0.25, 0.3) is 0 Å². The molecule has 0 fully saturated rings. The molecule has 2 aromatic rings. The Hall–Kier alpha value is -1.25. The summed E-state index contributed by atoms with van der Waals surface area (Å²) in [5.74, 6) is 0. The molecule has 1 aromatic carbocycles. The molecule has 2 rings (SSSR count). The molecule has 0 saturated heterocycles. The van der Waals surface area contributed by atoms with Gasteiger partial charge in [-0.05, 0) is 19.1 Å². The molecule has 0 atom stereocenters. The number of hydrogen-bond acceptors (Lipinski definition) is 6. The number of aromatic nitrogens is 1. The maximum atomic E-state index is 11.7. The molecule has 5 nitrogen and oxygen atoms in total. The van der Waals surface area contributed by atoms with Gasteiger partial charge in [0.05, 0.1) is 16.8 Å². The van der Waals surface area contributed by atoms with E-state index in [2.05, 4.69) is 31.4 Å². The Morgan fingerprint density at radius 3 is 2.80 bits per heavy atom. The predicted octanol–water partition coefficient (Wildman–Crippen LogP) is 3.06. The number of thiazole rings is 1. The lowest BCUT2D eigenvalue weighted by Crippen LogP contribution is -2.02. The van der Waals surface area contributed by atoms with Crippen LogP contribution in [0, 0.1) is 6.92 Å². The van der Waals surface area contributed by atoms with E-state index in [0.29, 0.717) is 15.2 Å². The lowest BCUT2D eigenvalue weighted by Gasteiger charge is -2.04. The molecule has 1 heterocycles. The van der Waals surface area contributed by atoms with E-state index in [-0.39, 0.29) is 4.90 Å². The quantitative estimate of drug-likeness (QED) is 0.660. The van der Waals surface area contributed by atoms with Gasteiger partial charge in [0.15, 0.2) is 9.84 Å². The molecule has 0 aliphatic heterocycles. The largest absolute Gasteiger partial charge is 0.253 e. The van der Waals surface area contributed by atoms with Crippen molar-refractivity contribution >= 4 is 48.5 Å². The van der Waals surface area contributed by atoms with Gasteiger partial charge in [-0.1, -0.05) is 22.0 Å². The van der Waals surface area contributed by atoms with Crippen LogP contribution in [-0.2, 0) is 9.84 Å². The highest BCUT2D eigenvalue weighted by Gasteiger charge is 2.12. The second-order valence-corrected chi connectivity index (χ2v) is 7.88. The van der Waals surface area contributed by atoms with Crippen LogP contribution in [-0.4, -0.2) is 25.9 Å². The van der Waals surface area contributed by atoms with E-state index in [1.54, 1.807) is 18.2 Å². The molecule has 0 bridgehead atoms. The first-order valence-corrected chi connectivity index (χ1v) is 9.13. The summed E-state index contributed by atoms with van der Waals surface area (Å²) in [5.41, 5.74) is 4.21. The first-order chi connectivity index (χ1) is 9.36. The third-order valence-corrected chi connectivity index (χ3v) is 4.87. The van der Waals surface area contributed by atoms with Crippen LogP contribution in [0.2, 0.25) is 0 Å². The first kappa shape index (κ1) is 15.1. The second-order valence-electron chi connectivity index (χ2n) is 4.12. The summed E-state index contributed by atoms with van der Waals surface area (Å²) in [6, 6.07) is 5.02. The third-order valence-electron chi connectivity index (χ3n) is 2.36. The molecule has 1 aromatic heterocycles. The first-order valence-electron chi connectivity index (χ1n) is 5.57. The summed E-state index contributed by atoms with van der Waals surface area (Å²) in [6.07, 6.45) is 2.64. The topological polar surface area (TPSA) is 71.4 Å². The average molecular weight is 374 g/mol. The molecule has 0 aliphatic rings. The van der Waals surface area contributed by atoms with Gasteiger partial charge in [-0.2, -0.15) is 5.10 Å². The number of sulfone groups is 1. The predicted molar refractivity (Wildman–Crippen MR) is 85.3 cm³/mol. The lowest BCUT2D eigenvalue weighted by atomic mass is 10.2. The van der Waals surface area contributed by atoms with Crippen LogP contribution in [0.15, 0.2) is 38.0 Å². The molecule has 8 heteroatoms. The molecule has 0 spiro atoms. The molecule has 0 amide bonds. The monoisotopic (exact) mass is 373 g/mol. The van der Waals surface area contributed by atoms with Crippen LogP contribution in [0.4, 0.5) is 5.13 Å². The highest BCUT2D eigenvalue weighted by Crippen LogP contribution is 2.20. The summed E-state index contributed by atoms with van der Waals surface area (Å²) < 4.78 is 24.2. The number of nitrogens with zero attached hydrogens (tertiary/aromatic N) is 2. The highest BCUT2D eigenvalue weighted by molar-refractivity contribution is 9.10. The maximum Gasteiger partial charge on any atom is 0.203 e. The number of hydrogen-bond donors (Lipinski definition) is 1. The van der Waals surface area contributed by atoms with Crippen LogP contribution in [0.25, 0.3) is 0 Å². The Balaban J connectivity index is 2.25. The van der Waals surface area contributed by atoms with E-state index >= 15 is 0 Å². The van der Waals surface area contributed by atoms with Crippen molar-refractivity contribution in [3.8, 4) is 0 Å². The number of aryl methyl sites for hydroxylation is 1. The molecular weight excluding hydrogens is 362 g/mol. The van der Waals surface area contributed by atoms with Gasteiger partial charge in [-0.3, -0.25) is 5.43 Å². The minimum absolute atomic E-state index is 0.229. The average Bonchev–Trinajstić information content (AvgIpc) is 2.76. The van der Waals surface area contributed by atoms with E-state index in [1.165, 1.54) is 23.8 Å². The maximum absolute atomic E-state index is 11.7. The number of hydrazone groups is 1. The van der Waals surface area contributed by atoms with Crippen molar-refractivity contribution in [1.82, 2.24) is 4.98 Å². The van der Waals surface area contributed by atoms with Crippen LogP contribution in [0.3, 0.4) is 0 Å². The van der Waals surface area contributed by atoms with Gasteiger partial charge in [-0.25, -0.2) is 13.4 Å². The van der Waals surface area contributed by atoms with Crippen LogP contribution in [0.5, 0.6) is 0 Å². The Morgan fingerprint density at radius 2 is 2.20 bits per heavy atom. The lowest BCUT2D eigenvalue weighted by molar-refractivity contribution is 0.601. The van der Waals surface area contributed by atoms with E-state index in [1.807, 2.05) is 12.3 Å². The van der Waals surface area contributed by atoms with Gasteiger partial charge in [0, 0.05) is 21.7 Å². The summed E-state index contributed by atoms with van der Waals surface area (Å²) >= 11 is 4.70. The van der Waals surface area contributed by atoms with E-state index < -0.39 is 9.84 Å². The molecule has 1 N–H and O–H groups in total. The van der Waals surface area contributed by atoms with Crippen LogP contribution < -0.4 is 5.43 Å². The summed E-state index contributed by atoms with van der Waals surface area (Å²) in [7, 11) is -3.31. The summed E-state index contributed by atoms with van der Waals surface area (Å²) in [6.45, 7) is 1.89. The van der Waals surface area contributed by atoms with Crippen LogP contribution >= 0.6 is 27.3 Å². The van der Waals surface area contributed by atoms with Crippen molar-refractivity contribution in [2.75, 3.05) is 11.7 Å². The van der Waals surface area contributed by atoms with Crippen molar-refractivity contribution in [2.45, 2.75) is 11.8 Å². The zero-order chi connectivity index (χ0) is 14.8. The fourth-order valence-electron chi connectivity index (χ4n) is 1.50. The Morgan fingerprint density at radius 1 is 1.45 bits per heavy atom. The Labute approximate surface area is 129 Å². The SMILES string of the molecule is Cc1csc(NN=Cc2ccc(Br)cc2S(C)(=O)=O)n1. The third kappa shape index (κ3) is 3.87. The van der Waals surface area contributed by atoms with E-state index in [4.69, 9.17) is 0 Å². The zero-order valence-corrected chi connectivity index (χ0v) is 14.0. The number of benzene rings is 1. The van der Waals surface area contributed by atoms with E-state index in [9.17, 15) is 8.42 Å². The number of halogens is 1. The standard InChI is InChI=1S/C12H12BrN3O2S2/c1-8-7-19-12(15-8)16-14-6-9-3-4-10(13)5-11(9)20(2,17)18/h3-7H,1-2H3,(H,15,16). The molecule has 20 heavy (non-hydrogen) atoms. The van der Waals surface area contributed by atoms with E-state index in [0.717, 1.165) is 5.69 Å². The van der Waals surface area contributed by atoms with Crippen molar-refractivity contribution in [3.05, 3.63) is 39.3 Å². The summed E-state index contributed by atoms with van der Waals surface area (Å²) in [5, 5.41) is 6.59. The molecule has 106 valence electrons. The smallest absolute Gasteiger partial charge is 0.203 e. The van der Waals surface area contributed by atoms with Gasteiger partial charge in [0.2, 0.25) is 5.13 Å². The minimum atomic E-state index is -3.31. The summed E-state index contributed by atoms with van der Waals surface area (Å²) in [4.78, 5) is 4.42. The molecule has 0 aliphatic carbocycles. The second kappa shape index (κ2) is 6.02. The molecule has 0 radical (unpaired) electrons. The number of anilines is 1. The molecule has 0 unspecified atom stereocenters. The molecule has 0 saturated carbocycles. The Bertz CT molecular complexity index is 754. The fourth-order valence-corrected chi connectivity index (χ4v) is 3.54. The van der Waals surface area contributed by atoms with Crippen molar-refractivity contribution in [1.29, 1.82) is 0 Å². The van der Waals surface area contributed by atoms with Crippen molar-refractivity contribution in [2.24, 2.45) is 5.10 Å².